The van der Waals surface area contributed by atoms with Gasteiger partial charge in [-0.1, -0.05) is 5.57 Å². The molecule has 1 fully saturated rings. The van der Waals surface area contributed by atoms with E-state index >= 15 is 0 Å². The van der Waals surface area contributed by atoms with Crippen LogP contribution in [0.15, 0.2) is 51.6 Å². The Morgan fingerprint density at radius 3 is 1.12 bits per heavy atom. The van der Waals surface area contributed by atoms with Crippen LogP contribution in [0.4, 0.5) is 0 Å². The molecule has 0 radical (unpaired) electrons. The summed E-state index contributed by atoms with van der Waals surface area (Å²) in [4.78, 5) is 20.0. The minimum Gasteiger partial charge on any atom is -0.393 e. The van der Waals surface area contributed by atoms with Gasteiger partial charge >= 0.3 is 11.9 Å². The summed E-state index contributed by atoms with van der Waals surface area (Å²) < 4.78 is 4.08. The molecule has 0 saturated carbocycles. The highest BCUT2D eigenvalue weighted by atomic mass is 16.6. The Kier molecular flexibility index (Phi) is 34.0. The lowest BCUT2D eigenvalue weighted by molar-refractivity contribution is -0.151. The molecule has 0 aromatic rings. The molecule has 1 heterocycles. The second kappa shape index (κ2) is 23.7. The predicted molar refractivity (Wildman–Crippen MR) is 74.6 cm³/mol. The van der Waals surface area contributed by atoms with Crippen molar-refractivity contribution in [1.82, 2.24) is 0 Å². The van der Waals surface area contributed by atoms with E-state index in [0.717, 1.165) is 0 Å². The van der Waals surface area contributed by atoms with E-state index in [1.807, 2.05) is 13.8 Å². The summed E-state index contributed by atoms with van der Waals surface area (Å²) >= 11 is 0. The number of cyclic esters (lactones) is 2. The quantitative estimate of drug-likeness (QED) is 0.367. The standard InChI is InChI=1S/C4H4O3.C4H8.3C2H4/c5-3-1-2-4(6)7-3;1-4(2)3;3*1-2/h1-2H2;1H2,2-3H3;3*1-2H2. The highest BCUT2D eigenvalue weighted by Gasteiger charge is 2.19. The van der Waals surface area contributed by atoms with Crippen molar-refractivity contribution in [2.24, 2.45) is 0 Å². The molecule has 0 amide bonds. The molecule has 0 atom stereocenters. The van der Waals surface area contributed by atoms with Crippen LogP contribution in [0.2, 0.25) is 0 Å². The molecule has 0 spiro atoms. The maximum absolute atomic E-state index is 10.0. The molecule has 1 rings (SSSR count). The van der Waals surface area contributed by atoms with Gasteiger partial charge in [-0.3, -0.25) is 9.59 Å². The number of carbonyl (C=O) groups is 2. The molecular weight excluding hydrogens is 216 g/mol. The first-order chi connectivity index (χ1) is 8.02. The first-order valence-corrected chi connectivity index (χ1v) is 4.88. The zero-order valence-electron chi connectivity index (χ0n) is 11.1. The van der Waals surface area contributed by atoms with Gasteiger partial charge in [0, 0.05) is 0 Å². The van der Waals surface area contributed by atoms with Gasteiger partial charge in [0.15, 0.2) is 0 Å². The van der Waals surface area contributed by atoms with Crippen molar-refractivity contribution in [3.05, 3.63) is 51.6 Å². The molecule has 0 aromatic carbocycles. The lowest BCUT2D eigenvalue weighted by atomic mass is 10.4. The van der Waals surface area contributed by atoms with Crippen LogP contribution in [0.25, 0.3) is 0 Å². The fourth-order valence-electron chi connectivity index (χ4n) is 0.433. The maximum Gasteiger partial charge on any atom is 0.314 e. The van der Waals surface area contributed by atoms with Crippen LogP contribution >= 0.6 is 0 Å². The molecular formula is C14H24O3. The Bertz CT molecular complexity index is 197. The first-order valence-electron chi connectivity index (χ1n) is 4.88. The Morgan fingerprint density at radius 1 is 0.882 bits per heavy atom. The topological polar surface area (TPSA) is 43.4 Å². The number of allylic oxidation sites excluding steroid dienone is 1. The normalized spacial score (nSPS) is 10.5. The summed E-state index contributed by atoms with van der Waals surface area (Å²) in [7, 11) is 0. The summed E-state index contributed by atoms with van der Waals surface area (Å²) in [5.74, 6) is -0.796. The van der Waals surface area contributed by atoms with Crippen molar-refractivity contribution in [3.8, 4) is 0 Å². The van der Waals surface area contributed by atoms with E-state index < -0.39 is 11.9 Å². The molecule has 1 aliphatic heterocycles. The third-order valence-electron chi connectivity index (χ3n) is 0.761. The van der Waals surface area contributed by atoms with Gasteiger partial charge in [-0.15, -0.1) is 46.1 Å². The number of rotatable bonds is 0. The molecule has 1 aliphatic rings. The van der Waals surface area contributed by atoms with Crippen LogP contribution in [-0.2, 0) is 14.3 Å². The summed E-state index contributed by atoms with van der Waals surface area (Å²) in [5.41, 5.74) is 1.17. The van der Waals surface area contributed by atoms with Gasteiger partial charge in [0.25, 0.3) is 0 Å². The number of carbonyl (C=O) groups excluding carboxylic acids is 2. The fourth-order valence-corrected chi connectivity index (χ4v) is 0.433. The Balaban J connectivity index is -0.0000000735. The number of hydrogen-bond acceptors (Lipinski definition) is 3. The van der Waals surface area contributed by atoms with Crippen molar-refractivity contribution < 1.29 is 14.3 Å². The molecule has 0 bridgehead atoms. The van der Waals surface area contributed by atoms with Crippen LogP contribution in [0.3, 0.4) is 0 Å². The largest absolute Gasteiger partial charge is 0.393 e. The van der Waals surface area contributed by atoms with E-state index in [1.165, 1.54) is 5.57 Å². The molecule has 17 heavy (non-hydrogen) atoms. The maximum atomic E-state index is 10.0. The number of hydrogen-bond donors (Lipinski definition) is 0. The zero-order valence-corrected chi connectivity index (χ0v) is 11.1. The highest BCUT2D eigenvalue weighted by molar-refractivity contribution is 5.92. The van der Waals surface area contributed by atoms with Crippen molar-refractivity contribution in [1.29, 1.82) is 0 Å². The van der Waals surface area contributed by atoms with Crippen molar-refractivity contribution >= 4 is 11.9 Å². The van der Waals surface area contributed by atoms with Gasteiger partial charge in [-0.2, -0.15) is 0 Å². The summed E-state index contributed by atoms with van der Waals surface area (Å²) in [6.07, 6.45) is 0.525. The summed E-state index contributed by atoms with van der Waals surface area (Å²) in [6.45, 7) is 25.5. The third-order valence-corrected chi connectivity index (χ3v) is 0.761. The van der Waals surface area contributed by atoms with E-state index in [0.29, 0.717) is 0 Å². The SMILES string of the molecule is C=C.C=C.C=C.C=C(C)C.O=C1CCC(=O)O1. The van der Waals surface area contributed by atoms with Crippen LogP contribution in [0.5, 0.6) is 0 Å². The molecule has 0 N–H and O–H groups in total. The second-order valence-electron chi connectivity index (χ2n) is 2.55. The minimum absolute atomic E-state index is 0.263. The van der Waals surface area contributed by atoms with Gasteiger partial charge in [0.2, 0.25) is 0 Å². The lowest BCUT2D eigenvalue weighted by Crippen LogP contribution is -1.94. The number of ether oxygens (including phenoxy) is 1. The van der Waals surface area contributed by atoms with Crippen molar-refractivity contribution in [2.45, 2.75) is 26.7 Å². The second-order valence-corrected chi connectivity index (χ2v) is 2.55. The Morgan fingerprint density at radius 2 is 1.06 bits per heavy atom. The van der Waals surface area contributed by atoms with Gasteiger partial charge in [0.1, 0.15) is 0 Å². The highest BCUT2D eigenvalue weighted by Crippen LogP contribution is 2.03. The molecule has 3 heteroatoms. The average molecular weight is 240 g/mol. The average Bonchev–Trinajstić information content (AvgIpc) is 2.70. The van der Waals surface area contributed by atoms with Gasteiger partial charge in [-0.05, 0) is 13.8 Å². The smallest absolute Gasteiger partial charge is 0.314 e. The van der Waals surface area contributed by atoms with E-state index in [4.69, 9.17) is 0 Å². The molecule has 3 nitrogen and oxygen atoms in total. The predicted octanol–water partition coefficient (Wildman–Crippen LogP) is 3.84. The molecule has 98 valence electrons. The Labute approximate surface area is 105 Å². The zero-order chi connectivity index (χ0) is 14.9. The minimum atomic E-state index is -0.398. The van der Waals surface area contributed by atoms with Crippen molar-refractivity contribution in [3.63, 3.8) is 0 Å². The van der Waals surface area contributed by atoms with E-state index in [9.17, 15) is 9.59 Å². The van der Waals surface area contributed by atoms with Crippen LogP contribution in [0, 0.1) is 0 Å². The first kappa shape index (κ1) is 24.4. The van der Waals surface area contributed by atoms with E-state index in [1.54, 1.807) is 0 Å². The fraction of sp³-hybridized carbons (Fsp3) is 0.286. The summed E-state index contributed by atoms with van der Waals surface area (Å²) in [5, 5.41) is 0. The van der Waals surface area contributed by atoms with Gasteiger partial charge in [0.05, 0.1) is 12.8 Å². The monoisotopic (exact) mass is 240 g/mol. The molecule has 0 unspecified atom stereocenters. The third kappa shape index (κ3) is 41.0. The molecule has 0 aromatic heterocycles. The Hall–Kier alpha value is -1.90. The van der Waals surface area contributed by atoms with Gasteiger partial charge in [-0.25, -0.2) is 0 Å². The van der Waals surface area contributed by atoms with E-state index in [-0.39, 0.29) is 12.8 Å². The lowest BCUT2D eigenvalue weighted by Gasteiger charge is -1.79. The van der Waals surface area contributed by atoms with Crippen LogP contribution in [-0.4, -0.2) is 11.9 Å². The summed E-state index contributed by atoms with van der Waals surface area (Å²) in [6, 6.07) is 0. The van der Waals surface area contributed by atoms with Crippen molar-refractivity contribution in [2.75, 3.05) is 0 Å². The van der Waals surface area contributed by atoms with Gasteiger partial charge < -0.3 is 4.74 Å². The molecule has 1 saturated heterocycles. The van der Waals surface area contributed by atoms with Crippen LogP contribution < -0.4 is 0 Å². The number of esters is 2. The molecule has 0 aliphatic carbocycles. The van der Waals surface area contributed by atoms with E-state index in [2.05, 4.69) is 50.8 Å². The van der Waals surface area contributed by atoms with Crippen LogP contribution in [0.1, 0.15) is 26.7 Å².